The van der Waals surface area contributed by atoms with Crippen LogP contribution in [0.3, 0.4) is 0 Å². The number of amides is 1. The van der Waals surface area contributed by atoms with Crippen molar-refractivity contribution in [2.24, 2.45) is 0 Å². The molecule has 0 fully saturated rings. The summed E-state index contributed by atoms with van der Waals surface area (Å²) in [5, 5.41) is 24.5. The fourth-order valence-corrected chi connectivity index (χ4v) is 4.34. The van der Waals surface area contributed by atoms with E-state index in [1.165, 1.54) is 29.5 Å². The number of thiazole rings is 1. The number of hydrogen-bond acceptors (Lipinski definition) is 7. The summed E-state index contributed by atoms with van der Waals surface area (Å²) in [6.07, 6.45) is 3.39. The molecule has 0 aliphatic heterocycles. The number of rotatable bonds is 7. The highest BCUT2D eigenvalue weighted by atomic mass is 35.5. The van der Waals surface area contributed by atoms with E-state index in [1.807, 2.05) is 6.07 Å². The number of hydrogen-bond donors (Lipinski definition) is 1. The van der Waals surface area contributed by atoms with Crippen molar-refractivity contribution < 1.29 is 14.1 Å². The molecule has 0 saturated carbocycles. The molecule has 1 N–H and O–H groups in total. The number of carbonyl (C=O) groups is 1. The number of carbonyl (C=O) groups excluding carboxylic acids is 1. The van der Waals surface area contributed by atoms with Crippen molar-refractivity contribution >= 4 is 57.3 Å². The summed E-state index contributed by atoms with van der Waals surface area (Å²) in [6.45, 7) is 0. The van der Waals surface area contributed by atoms with Crippen LogP contribution in [0.4, 0.5) is 10.8 Å². The minimum atomic E-state index is -0.650. The Morgan fingerprint density at radius 3 is 2.83 bits per heavy atom. The van der Waals surface area contributed by atoms with Gasteiger partial charge in [0.05, 0.1) is 4.92 Å². The molecule has 4 aromatic rings. The number of nitrogens with zero attached hydrogens (tertiary/aromatic N) is 3. The Morgan fingerprint density at radius 1 is 1.23 bits per heavy atom. The number of nitriles is 1. The number of nitro groups is 1. The standard InChI is InChI=1S/C24H14Cl2N4O4S/c25-17-4-6-21(26)15(8-17)11-20-13-28-24(35-20)29-23(31)16(12-27)10-19-5-7-22(34-19)14-2-1-3-18(9-14)30(32)33/h1-10,13H,11H2,(H,28,29,31)/b16-10+. The molecular formula is C24H14Cl2N4O4S. The predicted molar refractivity (Wildman–Crippen MR) is 134 cm³/mol. The Kier molecular flexibility index (Phi) is 7.27. The van der Waals surface area contributed by atoms with Crippen LogP contribution in [0.25, 0.3) is 17.4 Å². The van der Waals surface area contributed by atoms with E-state index >= 15 is 0 Å². The molecule has 0 aliphatic rings. The third-order valence-corrected chi connectivity index (χ3v) is 6.28. The van der Waals surface area contributed by atoms with Crippen molar-refractivity contribution in [2.45, 2.75) is 6.42 Å². The van der Waals surface area contributed by atoms with Crippen LogP contribution in [0.5, 0.6) is 0 Å². The zero-order valence-electron chi connectivity index (χ0n) is 17.7. The lowest BCUT2D eigenvalue weighted by atomic mass is 10.1. The van der Waals surface area contributed by atoms with Crippen LogP contribution in [0.15, 0.2) is 70.8 Å². The second kappa shape index (κ2) is 10.5. The van der Waals surface area contributed by atoms with Crippen molar-refractivity contribution in [1.82, 2.24) is 4.98 Å². The van der Waals surface area contributed by atoms with E-state index in [0.717, 1.165) is 10.4 Å². The van der Waals surface area contributed by atoms with Crippen LogP contribution in [-0.2, 0) is 11.2 Å². The van der Waals surface area contributed by atoms with Gasteiger partial charge in [-0.3, -0.25) is 20.2 Å². The van der Waals surface area contributed by atoms with Crippen LogP contribution in [0, 0.1) is 21.4 Å². The largest absolute Gasteiger partial charge is 0.457 e. The SMILES string of the molecule is N#C/C(=C\c1ccc(-c2cccc([N+](=O)[O-])c2)o1)C(=O)Nc1ncc(Cc2cc(Cl)ccc2Cl)s1. The van der Waals surface area contributed by atoms with Gasteiger partial charge < -0.3 is 4.42 Å². The summed E-state index contributed by atoms with van der Waals surface area (Å²) < 4.78 is 5.66. The van der Waals surface area contributed by atoms with Crippen molar-refractivity contribution in [3.8, 4) is 17.4 Å². The topological polar surface area (TPSA) is 122 Å². The monoisotopic (exact) mass is 524 g/mol. The number of halogens is 2. The lowest BCUT2D eigenvalue weighted by Crippen LogP contribution is -2.13. The lowest BCUT2D eigenvalue weighted by molar-refractivity contribution is -0.384. The van der Waals surface area contributed by atoms with Gasteiger partial charge in [0, 0.05) is 51.3 Å². The van der Waals surface area contributed by atoms with Gasteiger partial charge in [-0.1, -0.05) is 35.3 Å². The summed E-state index contributed by atoms with van der Waals surface area (Å²) in [7, 11) is 0. The summed E-state index contributed by atoms with van der Waals surface area (Å²) in [4.78, 5) is 28.1. The van der Waals surface area contributed by atoms with Crippen molar-refractivity contribution in [2.75, 3.05) is 5.32 Å². The van der Waals surface area contributed by atoms with Gasteiger partial charge in [0.2, 0.25) is 0 Å². The number of non-ortho nitro benzene ring substituents is 1. The van der Waals surface area contributed by atoms with E-state index in [9.17, 15) is 20.2 Å². The maximum absolute atomic E-state index is 12.6. The van der Waals surface area contributed by atoms with E-state index < -0.39 is 10.8 Å². The number of aromatic nitrogens is 1. The normalized spacial score (nSPS) is 11.2. The first-order valence-electron chi connectivity index (χ1n) is 9.99. The molecule has 0 unspecified atom stereocenters. The minimum absolute atomic E-state index is 0.0754. The highest BCUT2D eigenvalue weighted by molar-refractivity contribution is 7.15. The molecule has 1 amide bonds. The molecule has 2 heterocycles. The van der Waals surface area contributed by atoms with E-state index in [0.29, 0.717) is 32.9 Å². The van der Waals surface area contributed by atoms with Gasteiger partial charge in [-0.25, -0.2) is 4.98 Å². The quantitative estimate of drug-likeness (QED) is 0.123. The smallest absolute Gasteiger partial charge is 0.270 e. The van der Waals surface area contributed by atoms with E-state index in [-0.39, 0.29) is 17.0 Å². The van der Waals surface area contributed by atoms with Crippen LogP contribution >= 0.6 is 34.5 Å². The Labute approximate surface area is 213 Å². The Hall–Kier alpha value is -3.97. The molecular weight excluding hydrogens is 511 g/mol. The van der Waals surface area contributed by atoms with Gasteiger partial charge in [0.15, 0.2) is 5.13 Å². The van der Waals surface area contributed by atoms with Crippen molar-refractivity contribution in [3.05, 3.63) is 103 Å². The van der Waals surface area contributed by atoms with E-state index in [1.54, 1.807) is 48.7 Å². The molecule has 0 aliphatic carbocycles. The zero-order chi connectivity index (χ0) is 24.9. The predicted octanol–water partition coefficient (Wildman–Crippen LogP) is 6.75. The fourth-order valence-electron chi connectivity index (χ4n) is 3.13. The number of anilines is 1. The number of benzene rings is 2. The number of nitro benzene ring substituents is 1. The Bertz CT molecular complexity index is 1500. The molecule has 0 radical (unpaired) electrons. The zero-order valence-corrected chi connectivity index (χ0v) is 20.0. The third-order valence-electron chi connectivity index (χ3n) is 4.77. The van der Waals surface area contributed by atoms with Crippen LogP contribution < -0.4 is 5.32 Å². The highest BCUT2D eigenvalue weighted by Crippen LogP contribution is 2.28. The molecule has 8 nitrogen and oxygen atoms in total. The Morgan fingerprint density at radius 2 is 2.06 bits per heavy atom. The molecule has 0 saturated heterocycles. The first kappa shape index (κ1) is 24.2. The maximum atomic E-state index is 12.6. The molecule has 4 rings (SSSR count). The highest BCUT2D eigenvalue weighted by Gasteiger charge is 2.15. The molecule has 2 aromatic heterocycles. The summed E-state index contributed by atoms with van der Waals surface area (Å²) in [6, 6.07) is 16.2. The lowest BCUT2D eigenvalue weighted by Gasteiger charge is -2.02. The molecule has 11 heteroatoms. The van der Waals surface area contributed by atoms with Gasteiger partial charge in [0.1, 0.15) is 23.2 Å². The third kappa shape index (κ3) is 5.94. The van der Waals surface area contributed by atoms with Crippen LogP contribution in [0.1, 0.15) is 16.2 Å². The van der Waals surface area contributed by atoms with Crippen molar-refractivity contribution in [1.29, 1.82) is 5.26 Å². The van der Waals surface area contributed by atoms with Gasteiger partial charge in [-0.05, 0) is 35.9 Å². The second-order valence-electron chi connectivity index (χ2n) is 7.18. The number of furan rings is 1. The van der Waals surface area contributed by atoms with E-state index in [4.69, 9.17) is 27.6 Å². The average molecular weight is 525 g/mol. The second-order valence-corrected chi connectivity index (χ2v) is 9.14. The first-order chi connectivity index (χ1) is 16.8. The maximum Gasteiger partial charge on any atom is 0.270 e. The molecule has 35 heavy (non-hydrogen) atoms. The number of nitrogens with one attached hydrogen (secondary N) is 1. The molecule has 0 bridgehead atoms. The Balaban J connectivity index is 1.47. The van der Waals surface area contributed by atoms with Crippen molar-refractivity contribution in [3.63, 3.8) is 0 Å². The minimum Gasteiger partial charge on any atom is -0.457 e. The van der Waals surface area contributed by atoms with E-state index in [2.05, 4.69) is 10.3 Å². The molecule has 0 spiro atoms. The molecule has 0 atom stereocenters. The van der Waals surface area contributed by atoms with Gasteiger partial charge >= 0.3 is 0 Å². The first-order valence-corrected chi connectivity index (χ1v) is 11.6. The fraction of sp³-hybridized carbons (Fsp3) is 0.0417. The summed E-state index contributed by atoms with van der Waals surface area (Å²) in [5.74, 6) is -0.0435. The average Bonchev–Trinajstić information content (AvgIpc) is 3.49. The van der Waals surface area contributed by atoms with Gasteiger partial charge in [0.25, 0.3) is 11.6 Å². The molecule has 2 aromatic carbocycles. The summed E-state index contributed by atoms with van der Waals surface area (Å²) >= 11 is 13.5. The van der Waals surface area contributed by atoms with Crippen LogP contribution in [-0.4, -0.2) is 15.8 Å². The molecule has 174 valence electrons. The summed E-state index contributed by atoms with van der Waals surface area (Å²) in [5.41, 5.74) is 1.06. The van der Waals surface area contributed by atoms with Gasteiger partial charge in [-0.2, -0.15) is 5.26 Å². The van der Waals surface area contributed by atoms with Crippen LogP contribution in [0.2, 0.25) is 10.0 Å². The van der Waals surface area contributed by atoms with Gasteiger partial charge in [-0.15, -0.1) is 11.3 Å².